The molecule has 0 bridgehead atoms. The molecule has 0 atom stereocenters. The van der Waals surface area contributed by atoms with E-state index in [1.165, 1.54) is 5.39 Å². The van der Waals surface area contributed by atoms with Gasteiger partial charge in [0.15, 0.2) is 0 Å². The Hall–Kier alpha value is -1.68. The Morgan fingerprint density at radius 2 is 2.00 bits per heavy atom. The third-order valence-electron chi connectivity index (χ3n) is 3.04. The van der Waals surface area contributed by atoms with Crippen LogP contribution < -0.4 is 5.32 Å². The van der Waals surface area contributed by atoms with Crippen LogP contribution in [0.25, 0.3) is 10.8 Å². The summed E-state index contributed by atoms with van der Waals surface area (Å²) in [6.45, 7) is 0.837. The maximum atomic E-state index is 12.0. The molecule has 1 fully saturated rings. The van der Waals surface area contributed by atoms with Gasteiger partial charge in [0.05, 0.1) is 5.88 Å². The predicted molar refractivity (Wildman–Crippen MR) is 77.0 cm³/mol. The fourth-order valence-electron chi connectivity index (χ4n) is 2.04. The van der Waals surface area contributed by atoms with E-state index in [2.05, 4.69) is 17.4 Å². The summed E-state index contributed by atoms with van der Waals surface area (Å²) >= 11 is 1.79. The topological polar surface area (TPSA) is 32.3 Å². The van der Waals surface area contributed by atoms with Gasteiger partial charge in [0, 0.05) is 18.0 Å². The highest BCUT2D eigenvalue weighted by atomic mass is 32.2. The number of benzene rings is 2. The van der Waals surface area contributed by atoms with Crippen LogP contribution in [0.15, 0.2) is 42.5 Å². The van der Waals surface area contributed by atoms with Gasteiger partial charge in [0.2, 0.25) is 0 Å². The second kappa shape index (κ2) is 4.90. The summed E-state index contributed by atoms with van der Waals surface area (Å²) in [5, 5.41) is 5.28. The number of urea groups is 1. The minimum absolute atomic E-state index is 0.00437. The van der Waals surface area contributed by atoms with Crippen molar-refractivity contribution in [3.8, 4) is 0 Å². The molecular formula is C14H14N2OS. The van der Waals surface area contributed by atoms with E-state index >= 15 is 0 Å². The van der Waals surface area contributed by atoms with Crippen molar-refractivity contribution >= 4 is 34.3 Å². The molecule has 0 unspecified atom stereocenters. The molecule has 0 aromatic heterocycles. The first kappa shape index (κ1) is 11.4. The summed E-state index contributed by atoms with van der Waals surface area (Å²) in [6.07, 6.45) is 0. The van der Waals surface area contributed by atoms with Crippen LogP contribution in [0.5, 0.6) is 0 Å². The summed E-state index contributed by atoms with van der Waals surface area (Å²) in [5.41, 5.74) is 0.857. The molecular weight excluding hydrogens is 244 g/mol. The molecule has 4 heteroatoms. The van der Waals surface area contributed by atoms with Crippen LogP contribution in [0.4, 0.5) is 10.5 Å². The van der Waals surface area contributed by atoms with Crippen LogP contribution >= 0.6 is 11.8 Å². The molecule has 0 saturated carbocycles. The van der Waals surface area contributed by atoms with Crippen molar-refractivity contribution in [1.29, 1.82) is 0 Å². The van der Waals surface area contributed by atoms with Crippen molar-refractivity contribution in [3.05, 3.63) is 42.5 Å². The average molecular weight is 258 g/mol. The molecule has 2 aromatic rings. The standard InChI is InChI=1S/C14H14N2OS/c17-14(16-7-8-18-10-16)15-13-6-5-11-3-1-2-4-12(11)9-13/h1-6,9H,7-8,10H2,(H,15,17). The number of rotatable bonds is 1. The molecule has 1 aliphatic heterocycles. The van der Waals surface area contributed by atoms with Gasteiger partial charge in [-0.2, -0.15) is 0 Å². The maximum Gasteiger partial charge on any atom is 0.322 e. The fourth-order valence-corrected chi connectivity index (χ4v) is 2.99. The van der Waals surface area contributed by atoms with Crippen LogP contribution in [-0.2, 0) is 0 Å². The summed E-state index contributed by atoms with van der Waals surface area (Å²) < 4.78 is 0. The number of nitrogens with one attached hydrogen (secondary N) is 1. The molecule has 18 heavy (non-hydrogen) atoms. The largest absolute Gasteiger partial charge is 0.322 e. The zero-order valence-corrected chi connectivity index (χ0v) is 10.7. The normalized spacial score (nSPS) is 15.0. The van der Waals surface area contributed by atoms with E-state index in [1.54, 1.807) is 11.8 Å². The second-order valence-corrected chi connectivity index (χ2v) is 5.37. The number of hydrogen-bond acceptors (Lipinski definition) is 2. The van der Waals surface area contributed by atoms with Crippen LogP contribution in [0.3, 0.4) is 0 Å². The molecule has 1 N–H and O–H groups in total. The number of carbonyl (C=O) groups is 1. The van der Waals surface area contributed by atoms with Gasteiger partial charge in [-0.3, -0.25) is 0 Å². The minimum Gasteiger partial charge on any atom is -0.314 e. The van der Waals surface area contributed by atoms with Gasteiger partial charge in [0.1, 0.15) is 0 Å². The lowest BCUT2D eigenvalue weighted by Gasteiger charge is -2.15. The highest BCUT2D eigenvalue weighted by molar-refractivity contribution is 7.99. The SMILES string of the molecule is O=C(Nc1ccc2ccccc2c1)N1CCSC1. The summed E-state index contributed by atoms with van der Waals surface area (Å²) in [6, 6.07) is 14.1. The van der Waals surface area contributed by atoms with Crippen molar-refractivity contribution in [3.63, 3.8) is 0 Å². The number of hydrogen-bond donors (Lipinski definition) is 1. The Labute approximate surface area is 110 Å². The van der Waals surface area contributed by atoms with Crippen molar-refractivity contribution < 1.29 is 4.79 Å². The number of thioether (sulfide) groups is 1. The Morgan fingerprint density at radius 3 is 2.78 bits per heavy atom. The molecule has 3 rings (SSSR count). The van der Waals surface area contributed by atoms with E-state index < -0.39 is 0 Å². The van der Waals surface area contributed by atoms with E-state index in [9.17, 15) is 4.79 Å². The van der Waals surface area contributed by atoms with Crippen molar-refractivity contribution in [2.45, 2.75) is 0 Å². The predicted octanol–water partition coefficient (Wildman–Crippen LogP) is 3.38. The van der Waals surface area contributed by atoms with E-state index in [-0.39, 0.29) is 6.03 Å². The van der Waals surface area contributed by atoms with Gasteiger partial charge in [-0.1, -0.05) is 30.3 Å². The zero-order valence-electron chi connectivity index (χ0n) is 9.93. The van der Waals surface area contributed by atoms with Gasteiger partial charge >= 0.3 is 6.03 Å². The first-order chi connectivity index (χ1) is 8.83. The number of carbonyl (C=O) groups excluding carboxylic acids is 1. The molecule has 1 heterocycles. The quantitative estimate of drug-likeness (QED) is 0.850. The summed E-state index contributed by atoms with van der Waals surface area (Å²) in [7, 11) is 0. The molecule has 0 radical (unpaired) electrons. The van der Waals surface area contributed by atoms with Gasteiger partial charge in [0.25, 0.3) is 0 Å². The first-order valence-electron chi connectivity index (χ1n) is 5.95. The lowest BCUT2D eigenvalue weighted by atomic mass is 10.1. The third-order valence-corrected chi connectivity index (χ3v) is 4.01. The summed E-state index contributed by atoms with van der Waals surface area (Å²) in [4.78, 5) is 13.8. The van der Waals surface area contributed by atoms with Gasteiger partial charge in [-0.15, -0.1) is 11.8 Å². The van der Waals surface area contributed by atoms with Crippen molar-refractivity contribution in [2.24, 2.45) is 0 Å². The van der Waals surface area contributed by atoms with Crippen molar-refractivity contribution in [1.82, 2.24) is 4.90 Å². The highest BCUT2D eigenvalue weighted by Crippen LogP contribution is 2.20. The van der Waals surface area contributed by atoms with Crippen LogP contribution in [-0.4, -0.2) is 29.1 Å². The molecule has 3 nitrogen and oxygen atoms in total. The molecule has 1 saturated heterocycles. The molecule has 92 valence electrons. The Bertz CT molecular complexity index is 579. The monoisotopic (exact) mass is 258 g/mol. The number of anilines is 1. The van der Waals surface area contributed by atoms with E-state index in [0.717, 1.165) is 29.2 Å². The third kappa shape index (κ3) is 2.29. The lowest BCUT2D eigenvalue weighted by Crippen LogP contribution is -2.32. The molecule has 2 amide bonds. The van der Waals surface area contributed by atoms with Gasteiger partial charge < -0.3 is 10.2 Å². The number of fused-ring (bicyclic) bond motifs is 1. The van der Waals surface area contributed by atoms with Gasteiger partial charge in [-0.25, -0.2) is 4.79 Å². The van der Waals surface area contributed by atoms with Gasteiger partial charge in [-0.05, 0) is 22.9 Å². The number of nitrogens with zero attached hydrogens (tertiary/aromatic N) is 1. The Morgan fingerprint density at radius 1 is 1.17 bits per heavy atom. The van der Waals surface area contributed by atoms with Crippen molar-refractivity contribution in [2.75, 3.05) is 23.5 Å². The van der Waals surface area contributed by atoms with E-state index in [0.29, 0.717) is 0 Å². The zero-order chi connectivity index (χ0) is 12.4. The van der Waals surface area contributed by atoms with E-state index in [4.69, 9.17) is 0 Å². The Balaban J connectivity index is 1.79. The Kier molecular flexibility index (Phi) is 3.11. The smallest absolute Gasteiger partial charge is 0.314 e. The average Bonchev–Trinajstić information content (AvgIpc) is 2.92. The lowest BCUT2D eigenvalue weighted by molar-refractivity contribution is 0.225. The van der Waals surface area contributed by atoms with Crippen LogP contribution in [0.1, 0.15) is 0 Å². The molecule has 2 aromatic carbocycles. The second-order valence-electron chi connectivity index (χ2n) is 4.29. The first-order valence-corrected chi connectivity index (χ1v) is 7.11. The fraction of sp³-hybridized carbons (Fsp3) is 0.214. The van der Waals surface area contributed by atoms with Crippen LogP contribution in [0, 0.1) is 0 Å². The minimum atomic E-state index is -0.00437. The summed E-state index contributed by atoms with van der Waals surface area (Å²) in [5.74, 6) is 1.82. The van der Waals surface area contributed by atoms with E-state index in [1.807, 2.05) is 35.2 Å². The van der Waals surface area contributed by atoms with Crippen LogP contribution in [0.2, 0.25) is 0 Å². The number of amides is 2. The maximum absolute atomic E-state index is 12.0. The molecule has 0 spiro atoms. The molecule has 1 aliphatic rings. The highest BCUT2D eigenvalue weighted by Gasteiger charge is 2.17. The molecule has 0 aliphatic carbocycles.